The van der Waals surface area contributed by atoms with E-state index in [1.54, 1.807) is 49.6 Å². The lowest BCUT2D eigenvalue weighted by Crippen LogP contribution is -2.10. The van der Waals surface area contributed by atoms with Gasteiger partial charge in [-0.25, -0.2) is 4.79 Å². The fraction of sp³-hybridized carbons (Fsp3) is 0.133. The first-order valence-corrected chi connectivity index (χ1v) is 6.46. The van der Waals surface area contributed by atoms with E-state index in [2.05, 4.69) is 10.1 Å². The molecule has 0 saturated carbocycles. The zero-order valence-electron chi connectivity index (χ0n) is 11.6. The quantitative estimate of drug-likeness (QED) is 0.914. The first kappa shape index (κ1) is 15.0. The molecule has 0 fully saturated rings. The highest BCUT2D eigenvalue weighted by Crippen LogP contribution is 2.32. The number of hydrogen-bond donors (Lipinski definition) is 1. The van der Waals surface area contributed by atoms with Gasteiger partial charge in [0.25, 0.3) is 0 Å². The Morgan fingerprint density at radius 3 is 2.29 bits per heavy atom. The molecule has 0 radical (unpaired) electrons. The third-order valence-corrected chi connectivity index (χ3v) is 2.95. The van der Waals surface area contributed by atoms with Crippen molar-refractivity contribution >= 4 is 23.4 Å². The average molecular weight is 308 g/mol. The molecule has 2 rings (SSSR count). The minimum absolute atomic E-state index is 0.375. The van der Waals surface area contributed by atoms with Gasteiger partial charge in [-0.05, 0) is 42.5 Å². The Balaban J connectivity index is 2.11. The second-order valence-electron chi connectivity index (χ2n) is 4.04. The van der Waals surface area contributed by atoms with Gasteiger partial charge < -0.3 is 14.2 Å². The van der Waals surface area contributed by atoms with Gasteiger partial charge in [-0.2, -0.15) is 0 Å². The SMILES string of the molecule is COC(=O)Nc1ccc(Oc2ccc(OC)cc2)c(Cl)c1. The topological polar surface area (TPSA) is 56.8 Å². The summed E-state index contributed by atoms with van der Waals surface area (Å²) in [7, 11) is 2.89. The number of carbonyl (C=O) groups is 1. The van der Waals surface area contributed by atoms with Gasteiger partial charge in [0.1, 0.15) is 17.2 Å². The summed E-state index contributed by atoms with van der Waals surface area (Å²) in [5.41, 5.74) is 0.522. The number of nitrogens with one attached hydrogen (secondary N) is 1. The number of anilines is 1. The molecule has 2 aromatic rings. The first-order chi connectivity index (χ1) is 10.1. The van der Waals surface area contributed by atoms with Crippen molar-refractivity contribution in [3.63, 3.8) is 0 Å². The van der Waals surface area contributed by atoms with Crippen LogP contribution >= 0.6 is 11.6 Å². The van der Waals surface area contributed by atoms with Gasteiger partial charge in [0.2, 0.25) is 0 Å². The van der Waals surface area contributed by atoms with Crippen LogP contribution in [-0.4, -0.2) is 20.3 Å². The number of benzene rings is 2. The third kappa shape index (κ3) is 4.03. The molecule has 0 unspecified atom stereocenters. The summed E-state index contributed by atoms with van der Waals surface area (Å²) in [5, 5.41) is 2.90. The molecule has 0 saturated heterocycles. The summed E-state index contributed by atoms with van der Waals surface area (Å²) in [6.45, 7) is 0. The Morgan fingerprint density at radius 2 is 1.71 bits per heavy atom. The molecule has 0 aromatic heterocycles. The smallest absolute Gasteiger partial charge is 0.411 e. The van der Waals surface area contributed by atoms with Gasteiger partial charge in [0.15, 0.2) is 0 Å². The van der Waals surface area contributed by atoms with E-state index in [-0.39, 0.29) is 0 Å². The Morgan fingerprint density at radius 1 is 1.05 bits per heavy atom. The van der Waals surface area contributed by atoms with E-state index < -0.39 is 6.09 Å². The molecule has 1 amide bonds. The van der Waals surface area contributed by atoms with Gasteiger partial charge in [-0.15, -0.1) is 0 Å². The predicted octanol–water partition coefficient (Wildman–Crippen LogP) is 4.32. The normalized spacial score (nSPS) is 9.86. The largest absolute Gasteiger partial charge is 0.497 e. The minimum atomic E-state index is -0.560. The van der Waals surface area contributed by atoms with Crippen molar-refractivity contribution in [2.45, 2.75) is 0 Å². The maximum atomic E-state index is 11.1. The lowest BCUT2D eigenvalue weighted by molar-refractivity contribution is 0.187. The molecular weight excluding hydrogens is 294 g/mol. The van der Waals surface area contributed by atoms with Crippen LogP contribution in [0.2, 0.25) is 5.02 Å². The average Bonchev–Trinajstić information content (AvgIpc) is 2.50. The van der Waals surface area contributed by atoms with Crippen LogP contribution < -0.4 is 14.8 Å². The Kier molecular flexibility index (Phi) is 4.90. The van der Waals surface area contributed by atoms with Crippen LogP contribution in [0.25, 0.3) is 0 Å². The van der Waals surface area contributed by atoms with E-state index in [1.165, 1.54) is 7.11 Å². The zero-order chi connectivity index (χ0) is 15.2. The van der Waals surface area contributed by atoms with Gasteiger partial charge in [0.05, 0.1) is 19.2 Å². The molecule has 2 aromatic carbocycles. The molecule has 0 spiro atoms. The van der Waals surface area contributed by atoms with E-state index in [9.17, 15) is 4.79 Å². The van der Waals surface area contributed by atoms with E-state index in [0.717, 1.165) is 5.75 Å². The molecule has 5 nitrogen and oxygen atoms in total. The Hall–Kier alpha value is -2.40. The maximum Gasteiger partial charge on any atom is 0.411 e. The number of hydrogen-bond acceptors (Lipinski definition) is 4. The molecule has 0 aliphatic rings. The number of ether oxygens (including phenoxy) is 3. The van der Waals surface area contributed by atoms with E-state index >= 15 is 0 Å². The van der Waals surface area contributed by atoms with Crippen LogP contribution in [0, 0.1) is 0 Å². The molecule has 0 aliphatic carbocycles. The monoisotopic (exact) mass is 307 g/mol. The molecule has 0 aliphatic heterocycles. The number of carbonyl (C=O) groups excluding carboxylic acids is 1. The van der Waals surface area contributed by atoms with Crippen LogP contribution in [0.15, 0.2) is 42.5 Å². The molecule has 0 bridgehead atoms. The van der Waals surface area contributed by atoms with Gasteiger partial charge >= 0.3 is 6.09 Å². The molecule has 0 heterocycles. The molecule has 21 heavy (non-hydrogen) atoms. The van der Waals surface area contributed by atoms with Crippen LogP contribution in [0.3, 0.4) is 0 Å². The summed E-state index contributed by atoms with van der Waals surface area (Å²) >= 11 is 6.12. The van der Waals surface area contributed by atoms with E-state index in [0.29, 0.717) is 22.2 Å². The number of amides is 1. The Labute approximate surface area is 127 Å². The number of halogens is 1. The highest BCUT2D eigenvalue weighted by atomic mass is 35.5. The molecule has 1 N–H and O–H groups in total. The van der Waals surface area contributed by atoms with Crippen LogP contribution in [0.5, 0.6) is 17.2 Å². The second kappa shape index (κ2) is 6.85. The lowest BCUT2D eigenvalue weighted by Gasteiger charge is -2.10. The van der Waals surface area contributed by atoms with Crippen molar-refractivity contribution in [3.8, 4) is 17.2 Å². The number of methoxy groups -OCH3 is 2. The van der Waals surface area contributed by atoms with Gasteiger partial charge in [-0.1, -0.05) is 11.6 Å². The fourth-order valence-electron chi connectivity index (χ4n) is 1.60. The van der Waals surface area contributed by atoms with E-state index in [4.69, 9.17) is 21.1 Å². The zero-order valence-corrected chi connectivity index (χ0v) is 12.3. The summed E-state index contributed by atoms with van der Waals surface area (Å²) in [4.78, 5) is 11.1. The number of rotatable bonds is 4. The van der Waals surface area contributed by atoms with Gasteiger partial charge in [-0.3, -0.25) is 5.32 Å². The van der Waals surface area contributed by atoms with Crippen molar-refractivity contribution < 1.29 is 19.0 Å². The molecule has 6 heteroatoms. The summed E-state index contributed by atoms with van der Waals surface area (Å²) in [5.74, 6) is 1.86. The Bertz CT molecular complexity index is 628. The van der Waals surface area contributed by atoms with Crippen LogP contribution in [-0.2, 0) is 4.74 Å². The highest BCUT2D eigenvalue weighted by Gasteiger charge is 2.07. The first-order valence-electron chi connectivity index (χ1n) is 6.09. The summed E-state index contributed by atoms with van der Waals surface area (Å²) in [6, 6.07) is 12.0. The van der Waals surface area contributed by atoms with Crippen molar-refractivity contribution in [1.29, 1.82) is 0 Å². The van der Waals surface area contributed by atoms with Crippen molar-refractivity contribution in [2.24, 2.45) is 0 Å². The fourth-order valence-corrected chi connectivity index (χ4v) is 1.82. The molecular formula is C15H14ClNO4. The maximum absolute atomic E-state index is 11.1. The standard InChI is InChI=1S/C15H14ClNO4/c1-19-11-4-6-12(7-5-11)21-14-8-3-10(9-13(14)16)17-15(18)20-2/h3-9H,1-2H3,(H,17,18). The second-order valence-corrected chi connectivity index (χ2v) is 4.45. The van der Waals surface area contributed by atoms with Crippen molar-refractivity contribution in [1.82, 2.24) is 0 Å². The molecule has 0 atom stereocenters. The van der Waals surface area contributed by atoms with Crippen LogP contribution in [0.1, 0.15) is 0 Å². The predicted molar refractivity (Wildman–Crippen MR) is 80.5 cm³/mol. The molecule has 110 valence electrons. The third-order valence-electron chi connectivity index (χ3n) is 2.65. The lowest BCUT2D eigenvalue weighted by atomic mass is 10.3. The van der Waals surface area contributed by atoms with E-state index in [1.807, 2.05) is 0 Å². The summed E-state index contributed by atoms with van der Waals surface area (Å²) in [6.07, 6.45) is -0.560. The minimum Gasteiger partial charge on any atom is -0.497 e. The summed E-state index contributed by atoms with van der Waals surface area (Å²) < 4.78 is 15.2. The van der Waals surface area contributed by atoms with Crippen LogP contribution in [0.4, 0.5) is 10.5 Å². The van der Waals surface area contributed by atoms with Crippen molar-refractivity contribution in [2.75, 3.05) is 19.5 Å². The van der Waals surface area contributed by atoms with Gasteiger partial charge in [0, 0.05) is 5.69 Å². The van der Waals surface area contributed by atoms with Crippen molar-refractivity contribution in [3.05, 3.63) is 47.5 Å². The highest BCUT2D eigenvalue weighted by molar-refractivity contribution is 6.32.